The summed E-state index contributed by atoms with van der Waals surface area (Å²) in [5.74, 6) is 1.08. The Kier molecular flexibility index (Phi) is 4.22. The van der Waals surface area contributed by atoms with Crippen molar-refractivity contribution in [3.63, 3.8) is 0 Å². The van der Waals surface area contributed by atoms with E-state index in [1.165, 1.54) is 7.11 Å². The van der Waals surface area contributed by atoms with Gasteiger partial charge in [-0.2, -0.15) is 0 Å². The van der Waals surface area contributed by atoms with Crippen molar-refractivity contribution >= 4 is 0 Å². The zero-order chi connectivity index (χ0) is 14.0. The lowest BCUT2D eigenvalue weighted by Gasteiger charge is -2.38. The van der Waals surface area contributed by atoms with Gasteiger partial charge in [-0.25, -0.2) is 4.39 Å². The zero-order valence-electron chi connectivity index (χ0n) is 11.7. The summed E-state index contributed by atoms with van der Waals surface area (Å²) in [6.07, 6.45) is 0. The van der Waals surface area contributed by atoms with E-state index in [4.69, 9.17) is 15.2 Å². The van der Waals surface area contributed by atoms with E-state index in [9.17, 15) is 0 Å². The van der Waals surface area contributed by atoms with Crippen molar-refractivity contribution in [3.8, 4) is 11.5 Å². The molecule has 0 radical (unpaired) electrons. The first kappa shape index (κ1) is 14.8. The Morgan fingerprint density at radius 3 is 2.17 bits per heavy atom. The van der Waals surface area contributed by atoms with Crippen LogP contribution in [0.2, 0.25) is 0 Å². The predicted octanol–water partition coefficient (Wildman–Crippen LogP) is 2.87. The number of benzene rings is 1. The highest BCUT2D eigenvalue weighted by Gasteiger charge is 2.44. The molecule has 1 unspecified atom stereocenters. The molecule has 1 rings (SSSR count). The van der Waals surface area contributed by atoms with E-state index in [0.29, 0.717) is 17.1 Å². The van der Waals surface area contributed by atoms with E-state index >= 15 is 4.39 Å². The largest absolute Gasteiger partial charge is 0.497 e. The Labute approximate surface area is 108 Å². The van der Waals surface area contributed by atoms with Gasteiger partial charge in [-0.05, 0) is 12.1 Å². The van der Waals surface area contributed by atoms with Crippen molar-refractivity contribution in [1.29, 1.82) is 0 Å². The fraction of sp³-hybridized carbons (Fsp3) is 0.571. The van der Waals surface area contributed by atoms with Gasteiger partial charge < -0.3 is 15.2 Å². The Morgan fingerprint density at radius 2 is 1.78 bits per heavy atom. The lowest BCUT2D eigenvalue weighted by atomic mass is 9.73. The van der Waals surface area contributed by atoms with Crippen LogP contribution in [0, 0.1) is 5.41 Å². The number of alkyl halides is 1. The first-order valence-electron chi connectivity index (χ1n) is 5.91. The van der Waals surface area contributed by atoms with E-state index in [-0.39, 0.29) is 6.54 Å². The van der Waals surface area contributed by atoms with Crippen molar-refractivity contribution in [2.45, 2.75) is 26.4 Å². The summed E-state index contributed by atoms with van der Waals surface area (Å²) < 4.78 is 25.6. The maximum atomic E-state index is 15.2. The highest BCUT2D eigenvalue weighted by molar-refractivity contribution is 5.45. The van der Waals surface area contributed by atoms with Gasteiger partial charge >= 0.3 is 0 Å². The van der Waals surface area contributed by atoms with Crippen LogP contribution in [0.4, 0.5) is 4.39 Å². The van der Waals surface area contributed by atoms with Gasteiger partial charge in [0.25, 0.3) is 0 Å². The predicted molar refractivity (Wildman–Crippen MR) is 70.8 cm³/mol. The quantitative estimate of drug-likeness (QED) is 0.899. The van der Waals surface area contributed by atoms with Crippen molar-refractivity contribution in [2.75, 3.05) is 20.8 Å². The third kappa shape index (κ3) is 2.43. The minimum absolute atomic E-state index is 0.0980. The number of methoxy groups -OCH3 is 2. The second-order valence-corrected chi connectivity index (χ2v) is 5.32. The monoisotopic (exact) mass is 255 g/mol. The smallest absolute Gasteiger partial charge is 0.156 e. The van der Waals surface area contributed by atoms with Crippen LogP contribution in [0.3, 0.4) is 0 Å². The van der Waals surface area contributed by atoms with Crippen LogP contribution >= 0.6 is 0 Å². The van der Waals surface area contributed by atoms with E-state index in [2.05, 4.69) is 0 Å². The standard InChI is InChI=1S/C14H22FNO2/c1-13(2,3)14(15,9-16)11-7-6-10(17-4)8-12(11)18-5/h6-8H,9,16H2,1-5H3. The van der Waals surface area contributed by atoms with Crippen LogP contribution in [-0.2, 0) is 5.67 Å². The lowest BCUT2D eigenvalue weighted by Crippen LogP contribution is -2.42. The van der Waals surface area contributed by atoms with Gasteiger partial charge in [0.1, 0.15) is 11.5 Å². The highest BCUT2D eigenvalue weighted by atomic mass is 19.1. The summed E-state index contributed by atoms with van der Waals surface area (Å²) in [6.45, 7) is 5.37. The molecule has 0 aliphatic rings. The Balaban J connectivity index is 3.38. The molecule has 102 valence electrons. The summed E-state index contributed by atoms with van der Waals surface area (Å²) in [4.78, 5) is 0. The van der Waals surface area contributed by atoms with Crippen molar-refractivity contribution in [3.05, 3.63) is 23.8 Å². The molecule has 1 aromatic carbocycles. The lowest BCUT2D eigenvalue weighted by molar-refractivity contribution is 0.0318. The van der Waals surface area contributed by atoms with Crippen LogP contribution in [-0.4, -0.2) is 20.8 Å². The van der Waals surface area contributed by atoms with Gasteiger partial charge in [-0.3, -0.25) is 0 Å². The van der Waals surface area contributed by atoms with Crippen LogP contribution in [0.1, 0.15) is 26.3 Å². The first-order chi connectivity index (χ1) is 8.30. The number of nitrogens with two attached hydrogens (primary N) is 1. The summed E-state index contributed by atoms with van der Waals surface area (Å²) in [5.41, 5.74) is 3.85. The molecule has 2 N–H and O–H groups in total. The minimum Gasteiger partial charge on any atom is -0.497 e. The fourth-order valence-corrected chi connectivity index (χ4v) is 1.95. The molecule has 0 bridgehead atoms. The molecule has 0 amide bonds. The minimum atomic E-state index is -1.65. The van der Waals surface area contributed by atoms with E-state index in [1.807, 2.05) is 20.8 Å². The molecule has 18 heavy (non-hydrogen) atoms. The molecule has 0 spiro atoms. The summed E-state index contributed by atoms with van der Waals surface area (Å²) in [5, 5.41) is 0. The van der Waals surface area contributed by atoms with Crippen LogP contribution in [0.25, 0.3) is 0 Å². The molecule has 1 atom stereocenters. The maximum Gasteiger partial charge on any atom is 0.156 e. The molecule has 0 saturated carbocycles. The Hall–Kier alpha value is -1.29. The molecule has 0 heterocycles. The normalized spacial score (nSPS) is 15.1. The molecule has 0 fully saturated rings. The van der Waals surface area contributed by atoms with Gasteiger partial charge in [0, 0.05) is 23.6 Å². The van der Waals surface area contributed by atoms with E-state index in [1.54, 1.807) is 25.3 Å². The SMILES string of the molecule is COc1ccc(C(F)(CN)C(C)(C)C)c(OC)c1. The third-order valence-electron chi connectivity index (χ3n) is 3.31. The molecular weight excluding hydrogens is 233 g/mol. The zero-order valence-corrected chi connectivity index (χ0v) is 11.7. The number of ether oxygens (including phenoxy) is 2. The number of halogens is 1. The van der Waals surface area contributed by atoms with E-state index < -0.39 is 11.1 Å². The third-order valence-corrected chi connectivity index (χ3v) is 3.31. The first-order valence-corrected chi connectivity index (χ1v) is 5.91. The Morgan fingerprint density at radius 1 is 1.17 bits per heavy atom. The van der Waals surface area contributed by atoms with Crippen molar-refractivity contribution in [2.24, 2.45) is 11.1 Å². The highest BCUT2D eigenvalue weighted by Crippen LogP contribution is 2.46. The van der Waals surface area contributed by atoms with Crippen LogP contribution in [0.5, 0.6) is 11.5 Å². The number of rotatable bonds is 4. The van der Waals surface area contributed by atoms with Crippen LogP contribution < -0.4 is 15.2 Å². The number of hydrogen-bond acceptors (Lipinski definition) is 3. The molecule has 4 heteroatoms. The molecule has 0 aliphatic carbocycles. The van der Waals surface area contributed by atoms with Crippen LogP contribution in [0.15, 0.2) is 18.2 Å². The molecular formula is C14H22FNO2. The second kappa shape index (κ2) is 5.14. The van der Waals surface area contributed by atoms with Gasteiger partial charge in [0.2, 0.25) is 0 Å². The maximum absolute atomic E-state index is 15.2. The molecule has 0 saturated heterocycles. The Bertz CT molecular complexity index is 415. The molecule has 3 nitrogen and oxygen atoms in total. The topological polar surface area (TPSA) is 44.5 Å². The second-order valence-electron chi connectivity index (χ2n) is 5.32. The fourth-order valence-electron chi connectivity index (χ4n) is 1.95. The van der Waals surface area contributed by atoms with Gasteiger partial charge in [0.15, 0.2) is 5.67 Å². The average Bonchev–Trinajstić information content (AvgIpc) is 2.35. The summed E-state index contributed by atoms with van der Waals surface area (Å²) in [6, 6.07) is 5.06. The molecule has 0 aliphatic heterocycles. The van der Waals surface area contributed by atoms with Crippen molar-refractivity contribution < 1.29 is 13.9 Å². The summed E-state index contributed by atoms with van der Waals surface area (Å²) >= 11 is 0. The average molecular weight is 255 g/mol. The molecule has 1 aromatic rings. The summed E-state index contributed by atoms with van der Waals surface area (Å²) in [7, 11) is 3.07. The molecule has 0 aromatic heterocycles. The van der Waals surface area contributed by atoms with E-state index in [0.717, 1.165) is 0 Å². The van der Waals surface area contributed by atoms with Crippen molar-refractivity contribution in [1.82, 2.24) is 0 Å². The van der Waals surface area contributed by atoms with Gasteiger partial charge in [-0.1, -0.05) is 20.8 Å². The van der Waals surface area contributed by atoms with Gasteiger partial charge in [0.05, 0.1) is 14.2 Å². The van der Waals surface area contributed by atoms with Gasteiger partial charge in [-0.15, -0.1) is 0 Å². The number of hydrogen-bond donors (Lipinski definition) is 1.